The number of aromatic nitrogens is 2. The van der Waals surface area contributed by atoms with Crippen LogP contribution in [0.5, 0.6) is 0 Å². The standard InChI is InChI=1S/C25H31N5O4/c1-17(2)30-16-19(5-9-23(30)31)20-6-8-22(27-24(20)21-7-4-18(3)34-21)28-25(32)26-10-11-29-12-14-33-15-13-29/h4-9,16-17H,10-15H2,1-3H3,(H2,26,27,28,32). The maximum atomic E-state index is 12.5. The molecule has 4 heterocycles. The van der Waals surface area contributed by atoms with Crippen LogP contribution >= 0.6 is 0 Å². The van der Waals surface area contributed by atoms with Gasteiger partial charge in [0.15, 0.2) is 5.76 Å². The number of furan rings is 1. The number of nitrogens with one attached hydrogen (secondary N) is 2. The molecular formula is C25H31N5O4. The Kier molecular flexibility index (Phi) is 7.44. The smallest absolute Gasteiger partial charge is 0.320 e. The minimum Gasteiger partial charge on any atom is -0.460 e. The van der Waals surface area contributed by atoms with Crippen molar-refractivity contribution >= 4 is 11.8 Å². The minimum absolute atomic E-state index is 0.0248. The summed E-state index contributed by atoms with van der Waals surface area (Å²) in [5, 5.41) is 5.69. The molecule has 1 fully saturated rings. The number of hydrogen-bond acceptors (Lipinski definition) is 6. The summed E-state index contributed by atoms with van der Waals surface area (Å²) in [6, 6.07) is 10.4. The van der Waals surface area contributed by atoms with Gasteiger partial charge >= 0.3 is 6.03 Å². The minimum atomic E-state index is -0.316. The summed E-state index contributed by atoms with van der Waals surface area (Å²) in [5.41, 5.74) is 2.18. The van der Waals surface area contributed by atoms with Gasteiger partial charge in [-0.25, -0.2) is 9.78 Å². The second-order valence-electron chi connectivity index (χ2n) is 8.59. The molecule has 0 spiro atoms. The highest BCUT2D eigenvalue weighted by atomic mass is 16.5. The molecule has 9 heteroatoms. The molecule has 0 atom stereocenters. The first-order chi connectivity index (χ1) is 16.4. The van der Waals surface area contributed by atoms with E-state index < -0.39 is 0 Å². The lowest BCUT2D eigenvalue weighted by Crippen LogP contribution is -2.42. The summed E-state index contributed by atoms with van der Waals surface area (Å²) < 4.78 is 12.9. The Bertz CT molecular complexity index is 1190. The summed E-state index contributed by atoms with van der Waals surface area (Å²) >= 11 is 0. The van der Waals surface area contributed by atoms with E-state index in [-0.39, 0.29) is 17.6 Å². The normalized spacial score (nSPS) is 14.4. The Morgan fingerprint density at radius 3 is 2.62 bits per heavy atom. The van der Waals surface area contributed by atoms with E-state index in [1.54, 1.807) is 22.8 Å². The molecule has 2 N–H and O–H groups in total. The zero-order valence-corrected chi connectivity index (χ0v) is 19.8. The van der Waals surface area contributed by atoms with Crippen LogP contribution in [-0.2, 0) is 4.74 Å². The molecule has 1 aliphatic rings. The van der Waals surface area contributed by atoms with Gasteiger partial charge in [0.25, 0.3) is 5.56 Å². The molecule has 0 saturated carbocycles. The van der Waals surface area contributed by atoms with Crippen LogP contribution in [0.25, 0.3) is 22.6 Å². The third-order valence-electron chi connectivity index (χ3n) is 5.73. The Hall–Kier alpha value is -3.43. The van der Waals surface area contributed by atoms with Crippen molar-refractivity contribution in [3.8, 4) is 22.6 Å². The predicted octanol–water partition coefficient (Wildman–Crippen LogP) is 3.51. The summed E-state index contributed by atoms with van der Waals surface area (Å²) in [5.74, 6) is 1.76. The van der Waals surface area contributed by atoms with Crippen LogP contribution in [0.4, 0.5) is 10.6 Å². The molecule has 1 aliphatic heterocycles. The van der Waals surface area contributed by atoms with Gasteiger partial charge in [-0.2, -0.15) is 0 Å². The molecule has 180 valence electrons. The number of pyridine rings is 2. The van der Waals surface area contributed by atoms with Gasteiger partial charge in [0.2, 0.25) is 0 Å². The summed E-state index contributed by atoms with van der Waals surface area (Å²) in [4.78, 5) is 31.6. The second kappa shape index (κ2) is 10.7. The lowest BCUT2D eigenvalue weighted by atomic mass is 10.0. The maximum Gasteiger partial charge on any atom is 0.320 e. The van der Waals surface area contributed by atoms with Crippen LogP contribution in [0.3, 0.4) is 0 Å². The quantitative estimate of drug-likeness (QED) is 0.554. The van der Waals surface area contributed by atoms with Crippen molar-refractivity contribution in [1.29, 1.82) is 0 Å². The van der Waals surface area contributed by atoms with Gasteiger partial charge in [-0.3, -0.25) is 15.0 Å². The number of rotatable bonds is 7. The molecule has 2 amide bonds. The van der Waals surface area contributed by atoms with Gasteiger partial charge in [-0.1, -0.05) is 0 Å². The van der Waals surface area contributed by atoms with Crippen LogP contribution in [0.2, 0.25) is 0 Å². The SMILES string of the molecule is Cc1ccc(-c2nc(NC(=O)NCCN3CCOCC3)ccc2-c2ccc(=O)n(C(C)C)c2)o1. The number of anilines is 1. The Labute approximate surface area is 198 Å². The molecule has 0 radical (unpaired) electrons. The number of hydrogen-bond donors (Lipinski definition) is 2. The first kappa shape index (κ1) is 23.7. The Balaban J connectivity index is 1.54. The number of amides is 2. The van der Waals surface area contributed by atoms with Gasteiger partial charge in [0.05, 0.1) is 13.2 Å². The molecule has 34 heavy (non-hydrogen) atoms. The van der Waals surface area contributed by atoms with Crippen molar-refractivity contribution in [2.45, 2.75) is 26.8 Å². The predicted molar refractivity (Wildman–Crippen MR) is 131 cm³/mol. The average molecular weight is 466 g/mol. The van der Waals surface area contributed by atoms with E-state index in [0.29, 0.717) is 23.8 Å². The van der Waals surface area contributed by atoms with Crippen molar-refractivity contribution < 1.29 is 13.9 Å². The van der Waals surface area contributed by atoms with Gasteiger partial charge in [0.1, 0.15) is 17.3 Å². The van der Waals surface area contributed by atoms with Crippen LogP contribution in [0.15, 0.2) is 51.8 Å². The summed E-state index contributed by atoms with van der Waals surface area (Å²) in [6.07, 6.45) is 1.83. The monoisotopic (exact) mass is 465 g/mol. The zero-order valence-electron chi connectivity index (χ0n) is 19.8. The lowest BCUT2D eigenvalue weighted by molar-refractivity contribution is 0.0388. The number of aryl methyl sites for hydroxylation is 1. The molecular weight excluding hydrogens is 434 g/mol. The Morgan fingerprint density at radius 2 is 1.91 bits per heavy atom. The fourth-order valence-electron chi connectivity index (χ4n) is 3.89. The third kappa shape index (κ3) is 5.73. The molecule has 1 saturated heterocycles. The number of ether oxygens (including phenoxy) is 1. The highest BCUT2D eigenvalue weighted by Gasteiger charge is 2.16. The van der Waals surface area contributed by atoms with E-state index in [0.717, 1.165) is 49.7 Å². The van der Waals surface area contributed by atoms with Gasteiger partial charge in [0, 0.05) is 55.6 Å². The van der Waals surface area contributed by atoms with E-state index in [1.165, 1.54) is 0 Å². The van der Waals surface area contributed by atoms with E-state index in [1.807, 2.05) is 45.2 Å². The Morgan fingerprint density at radius 1 is 1.12 bits per heavy atom. The number of urea groups is 1. The van der Waals surface area contributed by atoms with Gasteiger partial charge in [-0.15, -0.1) is 0 Å². The second-order valence-corrected chi connectivity index (χ2v) is 8.59. The first-order valence-corrected chi connectivity index (χ1v) is 11.6. The van der Waals surface area contributed by atoms with Crippen molar-refractivity contribution in [3.63, 3.8) is 0 Å². The fraction of sp³-hybridized carbons (Fsp3) is 0.400. The molecule has 3 aromatic heterocycles. The molecule has 0 aliphatic carbocycles. The molecule has 0 unspecified atom stereocenters. The highest BCUT2D eigenvalue weighted by molar-refractivity contribution is 5.89. The van der Waals surface area contributed by atoms with Crippen molar-refractivity contribution in [2.75, 3.05) is 44.7 Å². The summed E-state index contributed by atoms with van der Waals surface area (Å²) in [6.45, 7) is 10.3. The average Bonchev–Trinajstić information content (AvgIpc) is 3.26. The van der Waals surface area contributed by atoms with E-state index >= 15 is 0 Å². The lowest BCUT2D eigenvalue weighted by Gasteiger charge is -2.26. The number of carbonyl (C=O) groups excluding carboxylic acids is 1. The number of morpholine rings is 1. The topological polar surface area (TPSA) is 102 Å². The van der Waals surface area contributed by atoms with Gasteiger partial charge in [-0.05, 0) is 51.1 Å². The third-order valence-corrected chi connectivity index (χ3v) is 5.73. The molecule has 0 aromatic carbocycles. The molecule has 0 bridgehead atoms. The molecule has 3 aromatic rings. The zero-order chi connectivity index (χ0) is 24.1. The van der Waals surface area contributed by atoms with Crippen LogP contribution in [-0.4, -0.2) is 59.9 Å². The number of nitrogens with zero attached hydrogens (tertiary/aromatic N) is 3. The van der Waals surface area contributed by atoms with Crippen LogP contribution < -0.4 is 16.2 Å². The van der Waals surface area contributed by atoms with Crippen LogP contribution in [0.1, 0.15) is 25.6 Å². The van der Waals surface area contributed by atoms with E-state index in [2.05, 4.69) is 20.5 Å². The first-order valence-electron chi connectivity index (χ1n) is 11.6. The highest BCUT2D eigenvalue weighted by Crippen LogP contribution is 2.32. The van der Waals surface area contributed by atoms with Crippen molar-refractivity contribution in [1.82, 2.24) is 19.8 Å². The summed E-state index contributed by atoms with van der Waals surface area (Å²) in [7, 11) is 0. The van der Waals surface area contributed by atoms with E-state index in [9.17, 15) is 9.59 Å². The van der Waals surface area contributed by atoms with Crippen molar-refractivity contribution in [3.05, 3.63) is 58.7 Å². The molecule has 9 nitrogen and oxygen atoms in total. The van der Waals surface area contributed by atoms with Crippen LogP contribution in [0, 0.1) is 6.92 Å². The fourth-order valence-corrected chi connectivity index (χ4v) is 3.89. The van der Waals surface area contributed by atoms with Crippen molar-refractivity contribution in [2.24, 2.45) is 0 Å². The van der Waals surface area contributed by atoms with Gasteiger partial charge < -0.3 is 19.0 Å². The number of carbonyl (C=O) groups is 1. The largest absolute Gasteiger partial charge is 0.460 e. The molecule has 4 rings (SSSR count). The van der Waals surface area contributed by atoms with E-state index in [4.69, 9.17) is 9.15 Å². The maximum absolute atomic E-state index is 12.5.